The number of benzene rings is 1. The van der Waals surface area contributed by atoms with Crippen molar-refractivity contribution in [2.75, 3.05) is 18.4 Å². The number of urea groups is 1. The van der Waals surface area contributed by atoms with Gasteiger partial charge >= 0.3 is 6.03 Å². The Morgan fingerprint density at radius 3 is 2.29 bits per heavy atom. The van der Waals surface area contributed by atoms with Crippen molar-refractivity contribution in [2.45, 2.75) is 39.8 Å². The maximum atomic E-state index is 11.8. The minimum Gasteiger partial charge on any atom is -0.337 e. The zero-order valence-corrected chi connectivity index (χ0v) is 14.4. The highest BCUT2D eigenvalue weighted by atomic mass is 35.5. The van der Waals surface area contributed by atoms with E-state index in [4.69, 9.17) is 23.2 Å². The quantitative estimate of drug-likeness (QED) is 0.819. The highest BCUT2D eigenvalue weighted by Gasteiger charge is 2.13. The summed E-state index contributed by atoms with van der Waals surface area (Å²) in [5.41, 5.74) is 0.617. The van der Waals surface area contributed by atoms with Gasteiger partial charge in [0, 0.05) is 30.9 Å². The molecule has 2 amide bonds. The lowest BCUT2D eigenvalue weighted by Gasteiger charge is -2.30. The molecule has 0 aromatic heterocycles. The van der Waals surface area contributed by atoms with Gasteiger partial charge in [-0.25, -0.2) is 4.79 Å². The third kappa shape index (κ3) is 6.12. The van der Waals surface area contributed by atoms with Gasteiger partial charge in [-0.2, -0.15) is 0 Å². The lowest BCUT2D eigenvalue weighted by molar-refractivity contribution is 0.176. The van der Waals surface area contributed by atoms with Crippen LogP contribution >= 0.6 is 23.2 Å². The zero-order valence-electron chi connectivity index (χ0n) is 12.9. The van der Waals surface area contributed by atoms with Crippen LogP contribution in [0.4, 0.5) is 10.5 Å². The molecule has 0 fully saturated rings. The molecular weight excluding hydrogens is 309 g/mol. The molecule has 2 N–H and O–H groups in total. The molecule has 6 heteroatoms. The predicted molar refractivity (Wildman–Crippen MR) is 90.5 cm³/mol. The van der Waals surface area contributed by atoms with E-state index in [9.17, 15) is 4.79 Å². The molecule has 4 nitrogen and oxygen atoms in total. The number of hydrogen-bond donors (Lipinski definition) is 2. The van der Waals surface area contributed by atoms with Crippen LogP contribution in [0.2, 0.25) is 10.0 Å². The maximum Gasteiger partial charge on any atom is 0.319 e. The minimum absolute atomic E-state index is 0.249. The van der Waals surface area contributed by atoms with Gasteiger partial charge in [-0.05, 0) is 45.9 Å². The van der Waals surface area contributed by atoms with E-state index in [1.165, 1.54) is 0 Å². The Balaban J connectivity index is 2.42. The van der Waals surface area contributed by atoms with Crippen molar-refractivity contribution in [1.82, 2.24) is 10.2 Å². The average molecular weight is 332 g/mol. The van der Waals surface area contributed by atoms with Crippen LogP contribution in [0.15, 0.2) is 18.2 Å². The van der Waals surface area contributed by atoms with Crippen molar-refractivity contribution in [3.05, 3.63) is 28.2 Å². The molecule has 1 aromatic carbocycles. The number of amides is 2. The van der Waals surface area contributed by atoms with Crippen LogP contribution in [0, 0.1) is 0 Å². The van der Waals surface area contributed by atoms with Crippen molar-refractivity contribution < 1.29 is 4.79 Å². The summed E-state index contributed by atoms with van der Waals surface area (Å²) in [7, 11) is 0. The molecule has 0 heterocycles. The fraction of sp³-hybridized carbons (Fsp3) is 0.533. The van der Waals surface area contributed by atoms with Crippen LogP contribution in [0.5, 0.6) is 0 Å². The number of hydrogen-bond acceptors (Lipinski definition) is 2. The van der Waals surface area contributed by atoms with Gasteiger partial charge in [-0.15, -0.1) is 0 Å². The lowest BCUT2D eigenvalue weighted by Crippen LogP contribution is -2.43. The third-order valence-electron chi connectivity index (χ3n) is 3.16. The number of nitrogens with one attached hydrogen (secondary N) is 2. The summed E-state index contributed by atoms with van der Waals surface area (Å²) < 4.78 is 0. The maximum absolute atomic E-state index is 11.8. The Kier molecular flexibility index (Phi) is 7.29. The Labute approximate surface area is 136 Å². The molecule has 0 bridgehead atoms. The normalized spacial score (nSPS) is 11.3. The van der Waals surface area contributed by atoms with Crippen molar-refractivity contribution in [3.8, 4) is 0 Å². The predicted octanol–water partition coefficient (Wildman–Crippen LogP) is 4.23. The molecule has 118 valence electrons. The molecule has 0 saturated heterocycles. The number of carbonyl (C=O) groups excluding carboxylic acids is 1. The molecule has 0 aliphatic heterocycles. The Morgan fingerprint density at radius 1 is 1.14 bits per heavy atom. The molecule has 1 rings (SSSR count). The molecule has 0 unspecified atom stereocenters. The van der Waals surface area contributed by atoms with E-state index in [-0.39, 0.29) is 6.03 Å². The van der Waals surface area contributed by atoms with E-state index in [0.29, 0.717) is 34.4 Å². The van der Waals surface area contributed by atoms with Gasteiger partial charge in [-0.1, -0.05) is 23.2 Å². The number of carbonyl (C=O) groups is 1. The van der Waals surface area contributed by atoms with Crippen LogP contribution in [-0.2, 0) is 0 Å². The molecule has 0 spiro atoms. The second kappa shape index (κ2) is 8.47. The van der Waals surface area contributed by atoms with E-state index >= 15 is 0 Å². The summed E-state index contributed by atoms with van der Waals surface area (Å²) in [4.78, 5) is 14.1. The van der Waals surface area contributed by atoms with Gasteiger partial charge in [0.1, 0.15) is 0 Å². The highest BCUT2D eigenvalue weighted by molar-refractivity contribution is 6.42. The second-order valence-corrected chi connectivity index (χ2v) is 6.25. The second-order valence-electron chi connectivity index (χ2n) is 5.44. The lowest BCUT2D eigenvalue weighted by atomic mass is 10.2. The standard InChI is InChI=1S/C15H23Cl2N3O/c1-10(2)20(11(3)4)8-7-18-15(21)19-12-5-6-13(16)14(17)9-12/h5-6,9-11H,7-8H2,1-4H3,(H2,18,19,21). The highest BCUT2D eigenvalue weighted by Crippen LogP contribution is 2.24. The third-order valence-corrected chi connectivity index (χ3v) is 3.90. The average Bonchev–Trinajstić information content (AvgIpc) is 2.38. The van der Waals surface area contributed by atoms with Gasteiger partial charge in [-0.3, -0.25) is 4.90 Å². The molecule has 0 aliphatic carbocycles. The van der Waals surface area contributed by atoms with E-state index in [1.807, 2.05) is 0 Å². The first kappa shape index (κ1) is 18.1. The number of anilines is 1. The molecule has 0 saturated carbocycles. The summed E-state index contributed by atoms with van der Waals surface area (Å²) in [6.07, 6.45) is 0. The van der Waals surface area contributed by atoms with Crippen LogP contribution in [0.3, 0.4) is 0 Å². The minimum atomic E-state index is -0.249. The van der Waals surface area contributed by atoms with Gasteiger partial charge in [0.25, 0.3) is 0 Å². The van der Waals surface area contributed by atoms with Gasteiger partial charge in [0.05, 0.1) is 10.0 Å². The van der Waals surface area contributed by atoms with E-state index in [1.54, 1.807) is 18.2 Å². The van der Waals surface area contributed by atoms with Gasteiger partial charge < -0.3 is 10.6 Å². The summed E-state index contributed by atoms with van der Waals surface area (Å²) in [5, 5.41) is 6.45. The first-order valence-corrected chi connectivity index (χ1v) is 7.82. The largest absolute Gasteiger partial charge is 0.337 e. The summed E-state index contributed by atoms with van der Waals surface area (Å²) in [6, 6.07) is 5.63. The van der Waals surface area contributed by atoms with Crippen molar-refractivity contribution >= 4 is 34.9 Å². The fourth-order valence-electron chi connectivity index (χ4n) is 2.16. The molecular formula is C15H23Cl2N3O. The topological polar surface area (TPSA) is 44.4 Å². The number of halogens is 2. The molecule has 0 radical (unpaired) electrons. The summed E-state index contributed by atoms with van der Waals surface area (Å²) >= 11 is 11.7. The van der Waals surface area contributed by atoms with Crippen molar-refractivity contribution in [2.24, 2.45) is 0 Å². The molecule has 21 heavy (non-hydrogen) atoms. The van der Waals surface area contributed by atoms with E-state index in [0.717, 1.165) is 6.54 Å². The fourth-order valence-corrected chi connectivity index (χ4v) is 2.46. The monoisotopic (exact) mass is 331 g/mol. The first-order chi connectivity index (χ1) is 9.81. The first-order valence-electron chi connectivity index (χ1n) is 7.07. The summed E-state index contributed by atoms with van der Waals surface area (Å²) in [5.74, 6) is 0. The van der Waals surface area contributed by atoms with Crippen LogP contribution in [-0.4, -0.2) is 36.1 Å². The number of nitrogens with zero attached hydrogens (tertiary/aromatic N) is 1. The van der Waals surface area contributed by atoms with Crippen LogP contribution < -0.4 is 10.6 Å². The Morgan fingerprint density at radius 2 is 1.76 bits per heavy atom. The van der Waals surface area contributed by atoms with Gasteiger partial charge in [0.2, 0.25) is 0 Å². The van der Waals surface area contributed by atoms with Gasteiger partial charge in [0.15, 0.2) is 0 Å². The van der Waals surface area contributed by atoms with E-state index < -0.39 is 0 Å². The number of rotatable bonds is 6. The SMILES string of the molecule is CC(C)N(CCNC(=O)Nc1ccc(Cl)c(Cl)c1)C(C)C. The van der Waals surface area contributed by atoms with E-state index in [2.05, 4.69) is 43.2 Å². The Hall–Kier alpha value is -0.970. The zero-order chi connectivity index (χ0) is 16.0. The smallest absolute Gasteiger partial charge is 0.319 e. The molecule has 0 atom stereocenters. The molecule has 0 aliphatic rings. The molecule has 1 aromatic rings. The van der Waals surface area contributed by atoms with Crippen molar-refractivity contribution in [3.63, 3.8) is 0 Å². The van der Waals surface area contributed by atoms with Crippen molar-refractivity contribution in [1.29, 1.82) is 0 Å². The van der Waals surface area contributed by atoms with Crippen LogP contribution in [0.25, 0.3) is 0 Å². The van der Waals surface area contributed by atoms with Crippen LogP contribution in [0.1, 0.15) is 27.7 Å². The summed E-state index contributed by atoms with van der Waals surface area (Å²) in [6.45, 7) is 9.99. The Bertz CT molecular complexity index is 470.